The van der Waals surface area contributed by atoms with E-state index in [2.05, 4.69) is 6.92 Å². The van der Waals surface area contributed by atoms with E-state index < -0.39 is 0 Å². The number of likely N-dealkylation sites (tertiary alicyclic amines) is 1. The first-order valence-electron chi connectivity index (χ1n) is 10.7. The quantitative estimate of drug-likeness (QED) is 0.599. The average Bonchev–Trinajstić information content (AvgIpc) is 3.37. The molecule has 3 aromatic rings. The third-order valence-corrected chi connectivity index (χ3v) is 7.34. The molecule has 1 atom stereocenters. The van der Waals surface area contributed by atoms with Gasteiger partial charge in [-0.2, -0.15) is 0 Å². The molecule has 4 heterocycles. The molecule has 30 heavy (non-hydrogen) atoms. The molecule has 5 rings (SSSR count). The third-order valence-electron chi connectivity index (χ3n) is 6.39. The van der Waals surface area contributed by atoms with Gasteiger partial charge >= 0.3 is 0 Å². The first kappa shape index (κ1) is 19.5. The molecule has 0 aliphatic carbocycles. The minimum atomic E-state index is -0.0614. The molecule has 0 N–H and O–H groups in total. The van der Waals surface area contributed by atoms with Crippen LogP contribution < -0.4 is 10.3 Å². The molecule has 0 unspecified atom stereocenters. The van der Waals surface area contributed by atoms with Crippen LogP contribution in [0.3, 0.4) is 0 Å². The number of methoxy groups -OCH3 is 1. The summed E-state index contributed by atoms with van der Waals surface area (Å²) < 4.78 is 9.02. The van der Waals surface area contributed by atoms with Gasteiger partial charge in [0.2, 0.25) is 5.91 Å². The summed E-state index contributed by atoms with van der Waals surface area (Å²) in [4.78, 5) is 33.5. The molecule has 2 aromatic heterocycles. The van der Waals surface area contributed by atoms with E-state index in [1.807, 2.05) is 27.7 Å². The van der Waals surface area contributed by atoms with Crippen molar-refractivity contribution in [2.45, 2.75) is 56.9 Å². The Kier molecular flexibility index (Phi) is 4.97. The van der Waals surface area contributed by atoms with Crippen molar-refractivity contribution in [3.63, 3.8) is 0 Å². The fraction of sp³-hybridized carbons (Fsp3) is 0.500. The number of piperidine rings is 1. The fourth-order valence-corrected chi connectivity index (χ4v) is 5.77. The number of thioether (sulfide) groups is 1. The minimum Gasteiger partial charge on any atom is -0.497 e. The van der Waals surface area contributed by atoms with Crippen LogP contribution in [-0.4, -0.2) is 50.4 Å². The molecule has 0 spiro atoms. The molecular weight excluding hydrogens is 400 g/mol. The molecule has 0 saturated carbocycles. The molecule has 7 nitrogen and oxygen atoms in total. The molecule has 8 heteroatoms. The van der Waals surface area contributed by atoms with Crippen molar-refractivity contribution in [2.24, 2.45) is 0 Å². The monoisotopic (exact) mass is 426 g/mol. The molecule has 0 radical (unpaired) electrons. The molecule has 2 aliphatic rings. The Balaban J connectivity index is 1.68. The number of amides is 1. The molecule has 2 aliphatic heterocycles. The van der Waals surface area contributed by atoms with Crippen LogP contribution in [0.1, 0.15) is 32.6 Å². The highest BCUT2D eigenvalue weighted by atomic mass is 32.2. The van der Waals surface area contributed by atoms with Crippen LogP contribution >= 0.6 is 11.8 Å². The van der Waals surface area contributed by atoms with E-state index in [0.29, 0.717) is 29.4 Å². The van der Waals surface area contributed by atoms with Crippen molar-refractivity contribution >= 4 is 39.6 Å². The Morgan fingerprint density at radius 2 is 2.17 bits per heavy atom. The van der Waals surface area contributed by atoms with E-state index in [-0.39, 0.29) is 18.0 Å². The van der Waals surface area contributed by atoms with Crippen LogP contribution in [-0.2, 0) is 17.9 Å². The highest BCUT2D eigenvalue weighted by Crippen LogP contribution is 2.32. The van der Waals surface area contributed by atoms with Crippen LogP contribution in [0.25, 0.3) is 21.9 Å². The second-order valence-electron chi connectivity index (χ2n) is 8.01. The zero-order valence-electron chi connectivity index (χ0n) is 17.4. The summed E-state index contributed by atoms with van der Waals surface area (Å²) in [6.07, 6.45) is 4.24. The number of aromatic nitrogens is 3. The fourth-order valence-electron chi connectivity index (χ4n) is 4.82. The van der Waals surface area contributed by atoms with Crippen LogP contribution in [0, 0.1) is 0 Å². The van der Waals surface area contributed by atoms with E-state index in [1.54, 1.807) is 23.4 Å². The molecule has 0 bridgehead atoms. The summed E-state index contributed by atoms with van der Waals surface area (Å²) in [5.74, 6) is 1.64. The predicted octanol–water partition coefficient (Wildman–Crippen LogP) is 3.26. The van der Waals surface area contributed by atoms with Crippen LogP contribution in [0.15, 0.2) is 28.2 Å². The number of ether oxygens (including phenoxy) is 1. The maximum atomic E-state index is 13.4. The first-order valence-corrected chi connectivity index (χ1v) is 11.6. The highest BCUT2D eigenvalue weighted by Gasteiger charge is 2.28. The largest absolute Gasteiger partial charge is 0.497 e. The van der Waals surface area contributed by atoms with Crippen LogP contribution in [0.5, 0.6) is 5.75 Å². The lowest BCUT2D eigenvalue weighted by atomic mass is 10.00. The van der Waals surface area contributed by atoms with Gasteiger partial charge in [0.1, 0.15) is 23.3 Å². The third kappa shape index (κ3) is 3.00. The number of benzene rings is 1. The summed E-state index contributed by atoms with van der Waals surface area (Å²) in [6.45, 7) is 3.75. The minimum absolute atomic E-state index is 0.0614. The maximum Gasteiger partial charge on any atom is 0.278 e. The molecule has 1 aromatic carbocycles. The average molecular weight is 427 g/mol. The van der Waals surface area contributed by atoms with Crippen molar-refractivity contribution in [3.05, 3.63) is 28.6 Å². The van der Waals surface area contributed by atoms with Gasteiger partial charge in [0.05, 0.1) is 12.6 Å². The van der Waals surface area contributed by atoms with Crippen molar-refractivity contribution < 1.29 is 9.53 Å². The smallest absolute Gasteiger partial charge is 0.278 e. The second-order valence-corrected chi connectivity index (χ2v) is 9.07. The Morgan fingerprint density at radius 3 is 2.97 bits per heavy atom. The van der Waals surface area contributed by atoms with Gasteiger partial charge in [0.25, 0.3) is 5.56 Å². The first-order chi connectivity index (χ1) is 14.6. The number of fused-ring (bicyclic) bond motifs is 4. The zero-order chi connectivity index (χ0) is 20.8. The maximum absolute atomic E-state index is 13.4. The number of rotatable bonds is 4. The number of carbonyl (C=O) groups excluding carboxylic acids is 1. The topological polar surface area (TPSA) is 69.4 Å². The Labute approximate surface area is 179 Å². The van der Waals surface area contributed by atoms with E-state index in [0.717, 1.165) is 47.6 Å². The van der Waals surface area contributed by atoms with Crippen LogP contribution in [0.2, 0.25) is 0 Å². The SMILES string of the molecule is CC[C@@H]1CCCCN1C(=O)Cn1c2ccc(OC)cc2c2nc3n(c(=O)c21)CCS3. The number of hydrogen-bond acceptors (Lipinski definition) is 5. The van der Waals surface area contributed by atoms with E-state index >= 15 is 0 Å². The standard InChI is InChI=1S/C22H26N4O3S/c1-3-14-6-4-5-9-24(14)18(27)13-26-17-8-7-15(29-2)12-16(17)19-20(26)21(28)25-10-11-30-22(25)23-19/h7-8,12,14H,3-6,9-11,13H2,1-2H3/t14-/m1/s1. The highest BCUT2D eigenvalue weighted by molar-refractivity contribution is 7.99. The van der Waals surface area contributed by atoms with E-state index in [9.17, 15) is 9.59 Å². The number of nitrogens with zero attached hydrogens (tertiary/aromatic N) is 4. The van der Waals surface area contributed by atoms with Gasteiger partial charge < -0.3 is 14.2 Å². The second kappa shape index (κ2) is 7.65. The molecule has 1 fully saturated rings. The van der Waals surface area contributed by atoms with Crippen molar-refractivity contribution in [2.75, 3.05) is 19.4 Å². The Bertz CT molecular complexity index is 1200. The van der Waals surface area contributed by atoms with Gasteiger partial charge in [-0.1, -0.05) is 18.7 Å². The predicted molar refractivity (Wildman–Crippen MR) is 118 cm³/mol. The summed E-state index contributed by atoms with van der Waals surface area (Å²) in [5.41, 5.74) is 1.97. The van der Waals surface area contributed by atoms with Gasteiger partial charge in [-0.15, -0.1) is 0 Å². The lowest BCUT2D eigenvalue weighted by Crippen LogP contribution is -2.45. The Morgan fingerprint density at radius 1 is 1.30 bits per heavy atom. The van der Waals surface area contributed by atoms with Crippen molar-refractivity contribution in [3.8, 4) is 5.75 Å². The number of hydrogen-bond donors (Lipinski definition) is 0. The van der Waals surface area contributed by atoms with E-state index in [4.69, 9.17) is 9.72 Å². The van der Waals surface area contributed by atoms with E-state index in [1.165, 1.54) is 6.42 Å². The summed E-state index contributed by atoms with van der Waals surface area (Å²) in [7, 11) is 1.63. The van der Waals surface area contributed by atoms with Gasteiger partial charge in [0, 0.05) is 30.3 Å². The van der Waals surface area contributed by atoms with Crippen LogP contribution in [0.4, 0.5) is 0 Å². The van der Waals surface area contributed by atoms with Gasteiger partial charge in [0.15, 0.2) is 5.16 Å². The summed E-state index contributed by atoms with van der Waals surface area (Å²) >= 11 is 1.60. The molecule has 1 amide bonds. The van der Waals surface area contributed by atoms with Gasteiger partial charge in [-0.05, 0) is 43.9 Å². The lowest BCUT2D eigenvalue weighted by Gasteiger charge is -2.35. The van der Waals surface area contributed by atoms with Gasteiger partial charge in [-0.25, -0.2) is 4.98 Å². The number of carbonyl (C=O) groups is 1. The lowest BCUT2D eigenvalue weighted by molar-refractivity contribution is -0.135. The Hall–Kier alpha value is -2.48. The summed E-state index contributed by atoms with van der Waals surface area (Å²) in [5, 5.41) is 1.61. The zero-order valence-corrected chi connectivity index (χ0v) is 18.2. The van der Waals surface area contributed by atoms with Crippen molar-refractivity contribution in [1.82, 2.24) is 19.0 Å². The molecular formula is C22H26N4O3S. The normalized spacial score (nSPS) is 18.9. The van der Waals surface area contributed by atoms with Gasteiger partial charge in [-0.3, -0.25) is 14.2 Å². The molecule has 158 valence electrons. The molecule has 1 saturated heterocycles. The van der Waals surface area contributed by atoms with Crippen molar-refractivity contribution in [1.29, 1.82) is 0 Å². The summed E-state index contributed by atoms with van der Waals surface area (Å²) in [6, 6.07) is 6.01.